The molecule has 2 N–H and O–H groups in total. The zero-order valence-corrected chi connectivity index (χ0v) is 9.89. The first-order valence-corrected chi connectivity index (χ1v) is 5.83. The fourth-order valence-electron chi connectivity index (χ4n) is 1.59. The molecule has 4 heteroatoms. The maximum atomic E-state index is 12.9. The van der Waals surface area contributed by atoms with Crippen LogP contribution in [0.25, 0.3) is 0 Å². The molecule has 15 heavy (non-hydrogen) atoms. The molecule has 1 fully saturated rings. The van der Waals surface area contributed by atoms with E-state index in [0.717, 1.165) is 0 Å². The Morgan fingerprint density at radius 1 is 1.47 bits per heavy atom. The van der Waals surface area contributed by atoms with Gasteiger partial charge in [-0.15, -0.1) is 0 Å². The monoisotopic (exact) mass is 273 g/mol. The largest absolute Gasteiger partial charge is 0.490 e. The fraction of sp³-hybridized carbons (Fsp3) is 0.455. The van der Waals surface area contributed by atoms with Crippen molar-refractivity contribution < 1.29 is 9.13 Å². The summed E-state index contributed by atoms with van der Waals surface area (Å²) in [6.45, 7) is 0.675. The van der Waals surface area contributed by atoms with E-state index >= 15 is 0 Å². The summed E-state index contributed by atoms with van der Waals surface area (Å²) in [6, 6.07) is 2.65. The zero-order valence-electron chi connectivity index (χ0n) is 8.30. The lowest BCUT2D eigenvalue weighted by Crippen LogP contribution is -2.19. The minimum Gasteiger partial charge on any atom is -0.490 e. The van der Waals surface area contributed by atoms with Gasteiger partial charge >= 0.3 is 0 Å². The van der Waals surface area contributed by atoms with Gasteiger partial charge in [0.05, 0.1) is 16.8 Å². The van der Waals surface area contributed by atoms with Gasteiger partial charge in [0.1, 0.15) is 5.82 Å². The van der Waals surface area contributed by atoms with Gasteiger partial charge in [0.2, 0.25) is 0 Å². The topological polar surface area (TPSA) is 35.2 Å². The SMILES string of the molecule is Nc1cc(F)cc(Br)c1OCC1CCC1. The average Bonchev–Trinajstić information content (AvgIpc) is 2.06. The number of ether oxygens (including phenoxy) is 1. The molecule has 0 unspecified atom stereocenters. The van der Waals surface area contributed by atoms with Gasteiger partial charge in [-0.2, -0.15) is 0 Å². The third-order valence-electron chi connectivity index (χ3n) is 2.73. The molecule has 1 aromatic carbocycles. The maximum absolute atomic E-state index is 12.9. The van der Waals surface area contributed by atoms with E-state index < -0.39 is 0 Å². The van der Waals surface area contributed by atoms with E-state index in [1.807, 2.05) is 0 Å². The summed E-state index contributed by atoms with van der Waals surface area (Å²) in [5.74, 6) is 0.847. The van der Waals surface area contributed by atoms with E-state index in [1.165, 1.54) is 31.4 Å². The number of rotatable bonds is 3. The Morgan fingerprint density at radius 2 is 2.20 bits per heavy atom. The Kier molecular flexibility index (Phi) is 3.14. The van der Waals surface area contributed by atoms with E-state index in [4.69, 9.17) is 10.5 Å². The van der Waals surface area contributed by atoms with Crippen LogP contribution in [-0.2, 0) is 0 Å². The van der Waals surface area contributed by atoms with Crippen molar-refractivity contribution >= 4 is 21.6 Å². The van der Waals surface area contributed by atoms with Crippen LogP contribution in [0.4, 0.5) is 10.1 Å². The first-order valence-electron chi connectivity index (χ1n) is 5.04. The number of hydrogen-bond donors (Lipinski definition) is 1. The molecular formula is C11H13BrFNO. The van der Waals surface area contributed by atoms with Gasteiger partial charge in [0.25, 0.3) is 0 Å². The van der Waals surface area contributed by atoms with Crippen LogP contribution in [0.5, 0.6) is 5.75 Å². The summed E-state index contributed by atoms with van der Waals surface area (Å²) in [7, 11) is 0. The number of benzene rings is 1. The number of nitrogens with two attached hydrogens (primary N) is 1. The minimum atomic E-state index is -0.352. The van der Waals surface area contributed by atoms with Gasteiger partial charge in [-0.25, -0.2) is 4.39 Å². The van der Waals surface area contributed by atoms with Crippen LogP contribution < -0.4 is 10.5 Å². The van der Waals surface area contributed by atoms with Gasteiger partial charge in [-0.1, -0.05) is 6.42 Å². The molecule has 1 saturated carbocycles. The second-order valence-electron chi connectivity index (χ2n) is 3.91. The van der Waals surface area contributed by atoms with Crippen LogP contribution >= 0.6 is 15.9 Å². The van der Waals surface area contributed by atoms with Crippen molar-refractivity contribution in [3.8, 4) is 5.75 Å². The molecule has 0 aromatic heterocycles. The van der Waals surface area contributed by atoms with Crippen molar-refractivity contribution in [2.45, 2.75) is 19.3 Å². The molecule has 0 radical (unpaired) electrons. The predicted molar refractivity (Wildman–Crippen MR) is 61.3 cm³/mol. The van der Waals surface area contributed by atoms with Crippen LogP contribution in [0, 0.1) is 11.7 Å². The van der Waals surface area contributed by atoms with E-state index in [-0.39, 0.29) is 5.82 Å². The quantitative estimate of drug-likeness (QED) is 0.858. The van der Waals surface area contributed by atoms with Crippen LogP contribution in [0.2, 0.25) is 0 Å². The molecule has 1 aromatic rings. The van der Waals surface area contributed by atoms with E-state index in [1.54, 1.807) is 0 Å². The molecule has 0 saturated heterocycles. The Morgan fingerprint density at radius 3 is 2.73 bits per heavy atom. The third kappa shape index (κ3) is 2.43. The highest BCUT2D eigenvalue weighted by molar-refractivity contribution is 9.10. The van der Waals surface area contributed by atoms with Crippen LogP contribution in [0.3, 0.4) is 0 Å². The Labute approximate surface area is 96.7 Å². The molecule has 1 aliphatic rings. The van der Waals surface area contributed by atoms with Crippen LogP contribution in [0.15, 0.2) is 16.6 Å². The molecule has 1 aliphatic carbocycles. The van der Waals surface area contributed by atoms with Crippen molar-refractivity contribution in [1.82, 2.24) is 0 Å². The summed E-state index contributed by atoms with van der Waals surface area (Å²) in [5, 5.41) is 0. The van der Waals surface area contributed by atoms with Gasteiger partial charge in [0, 0.05) is 6.07 Å². The second kappa shape index (κ2) is 4.39. The van der Waals surface area contributed by atoms with E-state index in [0.29, 0.717) is 28.4 Å². The molecule has 0 heterocycles. The summed E-state index contributed by atoms with van der Waals surface area (Å²) in [5.41, 5.74) is 6.02. The van der Waals surface area contributed by atoms with E-state index in [2.05, 4.69) is 15.9 Å². The highest BCUT2D eigenvalue weighted by atomic mass is 79.9. The lowest BCUT2D eigenvalue weighted by Gasteiger charge is -2.25. The number of halogens is 2. The average molecular weight is 274 g/mol. The summed E-state index contributed by atoms with van der Waals surface area (Å²) in [6.07, 6.45) is 3.73. The molecule has 82 valence electrons. The number of hydrogen-bond acceptors (Lipinski definition) is 2. The summed E-state index contributed by atoms with van der Waals surface area (Å²) in [4.78, 5) is 0. The standard InChI is InChI=1S/C11H13BrFNO/c12-9-4-8(13)5-10(14)11(9)15-6-7-2-1-3-7/h4-5,7H,1-3,6,14H2. The summed E-state index contributed by atoms with van der Waals surface area (Å²) < 4.78 is 19.1. The number of nitrogen functional groups attached to an aromatic ring is 1. The maximum Gasteiger partial charge on any atom is 0.156 e. The smallest absolute Gasteiger partial charge is 0.156 e. The molecular weight excluding hydrogens is 261 g/mol. The van der Waals surface area contributed by atoms with Crippen molar-refractivity contribution in [2.24, 2.45) is 5.92 Å². The molecule has 0 bridgehead atoms. The minimum absolute atomic E-state index is 0.348. The lowest BCUT2D eigenvalue weighted by atomic mass is 9.86. The molecule has 2 nitrogen and oxygen atoms in total. The fourth-order valence-corrected chi connectivity index (χ4v) is 2.16. The summed E-state index contributed by atoms with van der Waals surface area (Å²) >= 11 is 3.24. The highest BCUT2D eigenvalue weighted by Gasteiger charge is 2.19. The molecule has 0 spiro atoms. The Balaban J connectivity index is 2.05. The van der Waals surface area contributed by atoms with Gasteiger partial charge in [-0.05, 0) is 40.8 Å². The molecule has 0 atom stereocenters. The first-order chi connectivity index (χ1) is 7.16. The normalized spacial score (nSPS) is 16.1. The first kappa shape index (κ1) is 10.7. The van der Waals surface area contributed by atoms with Crippen molar-refractivity contribution in [3.05, 3.63) is 22.4 Å². The zero-order chi connectivity index (χ0) is 10.8. The molecule has 0 aliphatic heterocycles. The third-order valence-corrected chi connectivity index (χ3v) is 3.31. The highest BCUT2D eigenvalue weighted by Crippen LogP contribution is 2.34. The van der Waals surface area contributed by atoms with Crippen molar-refractivity contribution in [1.29, 1.82) is 0 Å². The molecule has 0 amide bonds. The Bertz CT molecular complexity index is 343. The van der Waals surface area contributed by atoms with Crippen LogP contribution in [-0.4, -0.2) is 6.61 Å². The lowest BCUT2D eigenvalue weighted by molar-refractivity contribution is 0.180. The van der Waals surface area contributed by atoms with Crippen molar-refractivity contribution in [3.63, 3.8) is 0 Å². The van der Waals surface area contributed by atoms with Gasteiger partial charge in [0.15, 0.2) is 5.75 Å². The number of anilines is 1. The van der Waals surface area contributed by atoms with Gasteiger partial charge in [-0.3, -0.25) is 0 Å². The van der Waals surface area contributed by atoms with E-state index in [9.17, 15) is 4.39 Å². The molecule has 2 rings (SSSR count). The predicted octanol–water partition coefficient (Wildman–Crippen LogP) is 3.35. The van der Waals surface area contributed by atoms with Crippen molar-refractivity contribution in [2.75, 3.05) is 12.3 Å². The Hall–Kier alpha value is -0.770. The van der Waals surface area contributed by atoms with Crippen LogP contribution in [0.1, 0.15) is 19.3 Å². The van der Waals surface area contributed by atoms with Gasteiger partial charge < -0.3 is 10.5 Å². The second-order valence-corrected chi connectivity index (χ2v) is 4.77.